The molecule has 0 amide bonds. The lowest BCUT2D eigenvalue weighted by molar-refractivity contribution is 0.327. The molecule has 0 aromatic heterocycles. The van der Waals surface area contributed by atoms with Gasteiger partial charge in [-0.25, -0.2) is 0 Å². The van der Waals surface area contributed by atoms with E-state index in [0.717, 1.165) is 12.8 Å². The van der Waals surface area contributed by atoms with Crippen LogP contribution in [0.25, 0.3) is 6.08 Å². The van der Waals surface area contributed by atoms with E-state index < -0.39 is 0 Å². The molecular weight excluding hydrogens is 196 g/mol. The fourth-order valence-corrected chi connectivity index (χ4v) is 2.17. The van der Waals surface area contributed by atoms with Crippen LogP contribution < -0.4 is 11.1 Å². The smallest absolute Gasteiger partial charge is 0.0548 e. The van der Waals surface area contributed by atoms with Gasteiger partial charge in [0, 0.05) is 6.04 Å². The fourth-order valence-electron chi connectivity index (χ4n) is 2.17. The molecule has 0 aliphatic carbocycles. The van der Waals surface area contributed by atoms with Crippen molar-refractivity contribution in [2.45, 2.75) is 37.9 Å². The van der Waals surface area contributed by atoms with E-state index in [4.69, 9.17) is 5.73 Å². The Bertz CT molecular complexity index is 332. The molecule has 1 aromatic rings. The second kappa shape index (κ2) is 5.83. The predicted octanol–water partition coefficient (Wildman–Crippen LogP) is 2.52. The van der Waals surface area contributed by atoms with Crippen molar-refractivity contribution in [2.24, 2.45) is 5.73 Å². The highest BCUT2D eigenvalue weighted by atomic mass is 15.1. The van der Waals surface area contributed by atoms with Gasteiger partial charge in [-0.2, -0.15) is 0 Å². The number of nitrogens with two attached hydrogens (primary N) is 1. The maximum Gasteiger partial charge on any atom is 0.0548 e. The summed E-state index contributed by atoms with van der Waals surface area (Å²) in [5.74, 6) is 0. The predicted molar refractivity (Wildman–Crippen MR) is 68.8 cm³/mol. The molecule has 0 bridgehead atoms. The topological polar surface area (TPSA) is 38.0 Å². The maximum atomic E-state index is 5.87. The van der Waals surface area contributed by atoms with Gasteiger partial charge in [-0.05, 0) is 31.2 Å². The first-order valence-electron chi connectivity index (χ1n) is 6.08. The molecule has 1 fully saturated rings. The van der Waals surface area contributed by atoms with Gasteiger partial charge in [0.25, 0.3) is 0 Å². The summed E-state index contributed by atoms with van der Waals surface area (Å²) in [5.41, 5.74) is 7.14. The zero-order chi connectivity index (χ0) is 11.2. The molecule has 2 heteroatoms. The summed E-state index contributed by atoms with van der Waals surface area (Å²) in [6.07, 6.45) is 9.29. The van der Waals surface area contributed by atoms with Crippen molar-refractivity contribution in [3.05, 3.63) is 42.0 Å². The minimum Gasteiger partial charge on any atom is -0.316 e. The summed E-state index contributed by atoms with van der Waals surface area (Å²) in [5, 5.41) is 3.43. The van der Waals surface area contributed by atoms with Crippen molar-refractivity contribution < 1.29 is 0 Å². The monoisotopic (exact) mass is 216 g/mol. The molecule has 3 N–H and O–H groups in total. The second-order valence-corrected chi connectivity index (χ2v) is 4.45. The zero-order valence-electron chi connectivity index (χ0n) is 9.60. The minimum atomic E-state index is 0.198. The van der Waals surface area contributed by atoms with Crippen molar-refractivity contribution in [2.75, 3.05) is 0 Å². The summed E-state index contributed by atoms with van der Waals surface area (Å²) in [4.78, 5) is 0. The van der Waals surface area contributed by atoms with Crippen molar-refractivity contribution >= 4 is 6.08 Å². The van der Waals surface area contributed by atoms with E-state index in [-0.39, 0.29) is 6.17 Å². The van der Waals surface area contributed by atoms with Gasteiger partial charge in [0.15, 0.2) is 0 Å². The molecule has 2 nitrogen and oxygen atoms in total. The molecule has 0 spiro atoms. The van der Waals surface area contributed by atoms with E-state index in [9.17, 15) is 0 Å². The molecule has 1 aliphatic heterocycles. The first-order valence-corrected chi connectivity index (χ1v) is 6.08. The van der Waals surface area contributed by atoms with Crippen LogP contribution in [0, 0.1) is 0 Å². The van der Waals surface area contributed by atoms with E-state index >= 15 is 0 Å². The third kappa shape index (κ3) is 3.47. The Morgan fingerprint density at radius 2 is 2.06 bits per heavy atom. The average Bonchev–Trinajstić information content (AvgIpc) is 2.30. The highest BCUT2D eigenvalue weighted by molar-refractivity contribution is 5.48. The summed E-state index contributed by atoms with van der Waals surface area (Å²) >= 11 is 0. The third-order valence-corrected chi connectivity index (χ3v) is 3.05. The van der Waals surface area contributed by atoms with Crippen LogP contribution in [0.3, 0.4) is 0 Å². The second-order valence-electron chi connectivity index (χ2n) is 4.45. The van der Waals surface area contributed by atoms with E-state index in [0.29, 0.717) is 6.04 Å². The van der Waals surface area contributed by atoms with Crippen LogP contribution in [0.15, 0.2) is 36.4 Å². The third-order valence-electron chi connectivity index (χ3n) is 3.05. The number of hydrogen-bond acceptors (Lipinski definition) is 2. The van der Waals surface area contributed by atoms with E-state index in [1.165, 1.54) is 18.4 Å². The minimum absolute atomic E-state index is 0.198. The van der Waals surface area contributed by atoms with Gasteiger partial charge in [-0.3, -0.25) is 5.32 Å². The van der Waals surface area contributed by atoms with Crippen LogP contribution in [0.1, 0.15) is 31.2 Å². The van der Waals surface area contributed by atoms with Crippen molar-refractivity contribution in [3.8, 4) is 0 Å². The molecule has 1 heterocycles. The SMILES string of the molecule is NC1CCCC(CC=Cc2ccccc2)N1. The Labute approximate surface area is 97.5 Å². The molecule has 86 valence electrons. The Hall–Kier alpha value is -1.12. The highest BCUT2D eigenvalue weighted by Gasteiger charge is 2.16. The number of piperidine rings is 1. The van der Waals surface area contributed by atoms with Crippen LogP contribution >= 0.6 is 0 Å². The molecule has 0 saturated carbocycles. The van der Waals surface area contributed by atoms with Crippen LogP contribution in [-0.4, -0.2) is 12.2 Å². The van der Waals surface area contributed by atoms with Gasteiger partial charge in [0.1, 0.15) is 0 Å². The van der Waals surface area contributed by atoms with E-state index in [2.05, 4.69) is 41.7 Å². The van der Waals surface area contributed by atoms with E-state index in [1.807, 2.05) is 6.07 Å². The molecular formula is C14H20N2. The van der Waals surface area contributed by atoms with Crippen LogP contribution in [0.2, 0.25) is 0 Å². The number of nitrogens with one attached hydrogen (secondary N) is 1. The molecule has 1 saturated heterocycles. The Kier molecular flexibility index (Phi) is 4.14. The van der Waals surface area contributed by atoms with Crippen molar-refractivity contribution in [1.29, 1.82) is 0 Å². The summed E-state index contributed by atoms with van der Waals surface area (Å²) in [6.45, 7) is 0. The lowest BCUT2D eigenvalue weighted by atomic mass is 10.00. The van der Waals surface area contributed by atoms with Crippen LogP contribution in [0.5, 0.6) is 0 Å². The highest BCUT2D eigenvalue weighted by Crippen LogP contribution is 2.13. The first kappa shape index (κ1) is 11.4. The van der Waals surface area contributed by atoms with Crippen molar-refractivity contribution in [1.82, 2.24) is 5.32 Å². The molecule has 1 aromatic carbocycles. The van der Waals surface area contributed by atoms with Crippen LogP contribution in [0.4, 0.5) is 0 Å². The quantitative estimate of drug-likeness (QED) is 0.814. The molecule has 2 atom stereocenters. The van der Waals surface area contributed by atoms with Gasteiger partial charge in [0.2, 0.25) is 0 Å². The van der Waals surface area contributed by atoms with Crippen molar-refractivity contribution in [3.63, 3.8) is 0 Å². The molecule has 2 rings (SSSR count). The zero-order valence-corrected chi connectivity index (χ0v) is 9.60. The number of benzene rings is 1. The van der Waals surface area contributed by atoms with Gasteiger partial charge in [-0.1, -0.05) is 42.5 Å². The van der Waals surface area contributed by atoms with Gasteiger partial charge < -0.3 is 5.73 Å². The van der Waals surface area contributed by atoms with E-state index in [1.54, 1.807) is 0 Å². The normalized spacial score (nSPS) is 26.1. The first-order chi connectivity index (χ1) is 7.84. The Balaban J connectivity index is 1.80. The summed E-state index contributed by atoms with van der Waals surface area (Å²) < 4.78 is 0. The summed E-state index contributed by atoms with van der Waals surface area (Å²) in [6, 6.07) is 11.0. The Morgan fingerprint density at radius 3 is 2.81 bits per heavy atom. The standard InChI is InChI=1S/C14H20N2/c15-14-11-5-10-13(16-14)9-4-8-12-6-2-1-3-7-12/h1-4,6-8,13-14,16H,5,9-11,15H2. The maximum absolute atomic E-state index is 5.87. The molecule has 2 unspecified atom stereocenters. The van der Waals surface area contributed by atoms with Gasteiger partial charge in [-0.15, -0.1) is 0 Å². The molecule has 1 aliphatic rings. The van der Waals surface area contributed by atoms with Gasteiger partial charge in [0.05, 0.1) is 6.17 Å². The number of rotatable bonds is 3. The Morgan fingerprint density at radius 1 is 1.25 bits per heavy atom. The summed E-state index contributed by atoms with van der Waals surface area (Å²) in [7, 11) is 0. The fraction of sp³-hybridized carbons (Fsp3) is 0.429. The lowest BCUT2D eigenvalue weighted by Gasteiger charge is -2.27. The largest absolute Gasteiger partial charge is 0.316 e. The molecule has 0 radical (unpaired) electrons. The lowest BCUT2D eigenvalue weighted by Crippen LogP contribution is -2.47. The van der Waals surface area contributed by atoms with Gasteiger partial charge >= 0.3 is 0 Å². The molecule has 16 heavy (non-hydrogen) atoms. The average molecular weight is 216 g/mol. The van der Waals surface area contributed by atoms with Crippen LogP contribution in [-0.2, 0) is 0 Å². The number of hydrogen-bond donors (Lipinski definition) is 2.